The summed E-state index contributed by atoms with van der Waals surface area (Å²) < 4.78 is 5.86. The smallest absolute Gasteiger partial charge is 0.0594 e. The van der Waals surface area contributed by atoms with Crippen molar-refractivity contribution in [2.24, 2.45) is 0 Å². The van der Waals surface area contributed by atoms with Crippen molar-refractivity contribution in [3.8, 4) is 0 Å². The first-order valence-electron chi connectivity index (χ1n) is 6.79. The van der Waals surface area contributed by atoms with E-state index in [2.05, 4.69) is 18.8 Å². The second kappa shape index (κ2) is 8.77. The second-order valence-electron chi connectivity index (χ2n) is 4.85. The molecule has 1 unspecified atom stereocenters. The van der Waals surface area contributed by atoms with Crippen molar-refractivity contribution in [1.82, 2.24) is 5.32 Å². The monoisotopic (exact) mass is 225 g/mol. The van der Waals surface area contributed by atoms with Gasteiger partial charge in [-0.3, -0.25) is 0 Å². The van der Waals surface area contributed by atoms with Gasteiger partial charge in [0.25, 0.3) is 0 Å². The highest BCUT2D eigenvalue weighted by molar-refractivity contribution is 4.71. The quantitative estimate of drug-likeness (QED) is 0.505. The fourth-order valence-corrected chi connectivity index (χ4v) is 2.23. The summed E-state index contributed by atoms with van der Waals surface area (Å²) in [7, 11) is 0. The Bertz CT molecular complexity index is 176. The molecule has 0 spiro atoms. The van der Waals surface area contributed by atoms with Crippen LogP contribution in [0.2, 0.25) is 0 Å². The molecule has 0 aromatic carbocycles. The highest BCUT2D eigenvalue weighted by atomic mass is 16.5. The Balaban J connectivity index is 1.92. The number of ether oxygens (including phenoxy) is 1. The van der Waals surface area contributed by atoms with E-state index in [4.69, 9.17) is 4.74 Å². The predicted octanol–water partition coefficient (Wildman–Crippen LogP) is 3.28. The van der Waals surface area contributed by atoms with Gasteiger partial charge in [-0.2, -0.15) is 0 Å². The average molecular weight is 225 g/mol. The highest BCUT2D eigenvalue weighted by Gasteiger charge is 2.13. The first kappa shape index (κ1) is 13.7. The molecule has 1 aliphatic rings. The summed E-state index contributed by atoms with van der Waals surface area (Å²) in [6, 6.07) is 0.577. The summed E-state index contributed by atoms with van der Waals surface area (Å²) in [6.45, 7) is 7.81. The molecule has 1 saturated carbocycles. The Morgan fingerprint density at radius 2 is 2.12 bits per heavy atom. The number of nitrogens with one attached hydrogen (secondary N) is 1. The van der Waals surface area contributed by atoms with E-state index in [1.54, 1.807) is 0 Å². The lowest BCUT2D eigenvalue weighted by atomic mass is 9.98. The van der Waals surface area contributed by atoms with Crippen molar-refractivity contribution in [3.63, 3.8) is 0 Å². The summed E-state index contributed by atoms with van der Waals surface area (Å²) in [6.07, 6.45) is 11.4. The lowest BCUT2D eigenvalue weighted by molar-refractivity contribution is 0.0295. The lowest BCUT2D eigenvalue weighted by Gasteiger charge is -2.22. The lowest BCUT2D eigenvalue weighted by Crippen LogP contribution is -2.30. The van der Waals surface area contributed by atoms with E-state index < -0.39 is 0 Å². The average Bonchev–Trinajstić information content (AvgIpc) is 2.33. The Labute approximate surface area is 100 Å². The molecule has 1 fully saturated rings. The summed E-state index contributed by atoms with van der Waals surface area (Å²) in [5, 5.41) is 3.48. The van der Waals surface area contributed by atoms with E-state index >= 15 is 0 Å². The van der Waals surface area contributed by atoms with Gasteiger partial charge in [0.15, 0.2) is 0 Å². The maximum absolute atomic E-state index is 5.86. The van der Waals surface area contributed by atoms with Gasteiger partial charge in [0, 0.05) is 12.6 Å². The number of hydrogen-bond donors (Lipinski definition) is 1. The first-order valence-corrected chi connectivity index (χ1v) is 6.79. The van der Waals surface area contributed by atoms with Crippen molar-refractivity contribution in [2.45, 2.75) is 64.0 Å². The summed E-state index contributed by atoms with van der Waals surface area (Å²) >= 11 is 0. The van der Waals surface area contributed by atoms with Crippen molar-refractivity contribution < 1.29 is 4.74 Å². The van der Waals surface area contributed by atoms with Crippen LogP contribution in [0.4, 0.5) is 0 Å². The van der Waals surface area contributed by atoms with Gasteiger partial charge in [-0.1, -0.05) is 25.3 Å². The van der Waals surface area contributed by atoms with E-state index in [9.17, 15) is 0 Å². The van der Waals surface area contributed by atoms with Gasteiger partial charge >= 0.3 is 0 Å². The van der Waals surface area contributed by atoms with Crippen LogP contribution in [0.5, 0.6) is 0 Å². The van der Waals surface area contributed by atoms with Gasteiger partial charge in [-0.15, -0.1) is 6.58 Å². The number of hydrogen-bond acceptors (Lipinski definition) is 2. The molecule has 0 aromatic rings. The normalized spacial score (nSPS) is 19.6. The number of allylic oxidation sites excluding steroid dienone is 1. The maximum Gasteiger partial charge on any atom is 0.0594 e. The van der Waals surface area contributed by atoms with Crippen molar-refractivity contribution in [3.05, 3.63) is 12.7 Å². The Morgan fingerprint density at radius 1 is 1.38 bits per heavy atom. The molecule has 0 heterocycles. The third kappa shape index (κ3) is 6.29. The molecule has 2 heteroatoms. The summed E-state index contributed by atoms with van der Waals surface area (Å²) in [5.74, 6) is 0. The first-order chi connectivity index (χ1) is 7.83. The molecule has 2 nitrogen and oxygen atoms in total. The zero-order chi connectivity index (χ0) is 11.6. The van der Waals surface area contributed by atoms with Crippen molar-refractivity contribution >= 4 is 0 Å². The molecule has 1 rings (SSSR count). The SMILES string of the molecule is C=CCCC(C)NCCOC1CCCCC1. The highest BCUT2D eigenvalue weighted by Crippen LogP contribution is 2.19. The summed E-state index contributed by atoms with van der Waals surface area (Å²) in [5.41, 5.74) is 0. The molecular weight excluding hydrogens is 198 g/mol. The van der Waals surface area contributed by atoms with Crippen LogP contribution >= 0.6 is 0 Å². The van der Waals surface area contributed by atoms with Gasteiger partial charge < -0.3 is 10.1 Å². The van der Waals surface area contributed by atoms with E-state index in [1.807, 2.05) is 6.08 Å². The van der Waals surface area contributed by atoms with E-state index in [0.717, 1.165) is 19.6 Å². The molecule has 1 aliphatic carbocycles. The summed E-state index contributed by atoms with van der Waals surface area (Å²) in [4.78, 5) is 0. The Hall–Kier alpha value is -0.340. The van der Waals surface area contributed by atoms with Gasteiger partial charge in [0.2, 0.25) is 0 Å². The van der Waals surface area contributed by atoms with Crippen molar-refractivity contribution in [2.75, 3.05) is 13.2 Å². The molecule has 0 bridgehead atoms. The van der Waals surface area contributed by atoms with Crippen LogP contribution < -0.4 is 5.32 Å². The number of rotatable bonds is 8. The standard InChI is InChI=1S/C14H27NO/c1-3-4-8-13(2)15-11-12-16-14-9-6-5-7-10-14/h3,13-15H,1,4-12H2,2H3. The minimum Gasteiger partial charge on any atom is -0.377 e. The molecule has 0 saturated heterocycles. The zero-order valence-electron chi connectivity index (χ0n) is 10.7. The fourth-order valence-electron chi connectivity index (χ4n) is 2.23. The van der Waals surface area contributed by atoms with Crippen LogP contribution in [0.3, 0.4) is 0 Å². The zero-order valence-corrected chi connectivity index (χ0v) is 10.7. The van der Waals surface area contributed by atoms with Gasteiger partial charge in [-0.05, 0) is 32.6 Å². The minimum absolute atomic E-state index is 0.541. The molecule has 0 radical (unpaired) electrons. The molecule has 0 amide bonds. The predicted molar refractivity (Wildman–Crippen MR) is 69.7 cm³/mol. The molecule has 1 N–H and O–H groups in total. The topological polar surface area (TPSA) is 21.3 Å². The largest absolute Gasteiger partial charge is 0.377 e. The van der Waals surface area contributed by atoms with Gasteiger partial charge in [-0.25, -0.2) is 0 Å². The van der Waals surface area contributed by atoms with Crippen LogP contribution in [0, 0.1) is 0 Å². The van der Waals surface area contributed by atoms with Crippen LogP contribution in [0.1, 0.15) is 51.9 Å². The van der Waals surface area contributed by atoms with E-state index in [0.29, 0.717) is 12.1 Å². The van der Waals surface area contributed by atoms with Crippen LogP contribution in [0.15, 0.2) is 12.7 Å². The molecule has 1 atom stereocenters. The van der Waals surface area contributed by atoms with E-state index in [1.165, 1.54) is 38.5 Å². The molecule has 0 aromatic heterocycles. The molecule has 94 valence electrons. The minimum atomic E-state index is 0.541. The van der Waals surface area contributed by atoms with Crippen molar-refractivity contribution in [1.29, 1.82) is 0 Å². The van der Waals surface area contributed by atoms with Crippen LogP contribution in [0.25, 0.3) is 0 Å². The van der Waals surface area contributed by atoms with Gasteiger partial charge in [0.1, 0.15) is 0 Å². The second-order valence-corrected chi connectivity index (χ2v) is 4.85. The maximum atomic E-state index is 5.86. The van der Waals surface area contributed by atoms with E-state index in [-0.39, 0.29) is 0 Å². The van der Waals surface area contributed by atoms with Crippen LogP contribution in [-0.2, 0) is 4.74 Å². The van der Waals surface area contributed by atoms with Crippen LogP contribution in [-0.4, -0.2) is 25.3 Å². The molecular formula is C14H27NO. The fraction of sp³-hybridized carbons (Fsp3) is 0.857. The van der Waals surface area contributed by atoms with Gasteiger partial charge in [0.05, 0.1) is 12.7 Å². The Kier molecular flexibility index (Phi) is 7.52. The molecule has 0 aliphatic heterocycles. The third-order valence-electron chi connectivity index (χ3n) is 3.30. The third-order valence-corrected chi connectivity index (χ3v) is 3.30. The molecule has 16 heavy (non-hydrogen) atoms. The Morgan fingerprint density at radius 3 is 2.81 bits per heavy atom.